The first-order chi connectivity index (χ1) is 5.61. The van der Waals surface area contributed by atoms with Gasteiger partial charge in [-0.3, -0.25) is 14.9 Å². The fourth-order valence-corrected chi connectivity index (χ4v) is 0.670. The molecule has 0 spiro atoms. The van der Waals surface area contributed by atoms with Crippen molar-refractivity contribution in [3.05, 3.63) is 44.6 Å². The SMILES string of the molecule is O=c1ccc([N+](=O)[O-])ccc1O. The highest BCUT2D eigenvalue weighted by molar-refractivity contribution is 5.32. The second-order valence-corrected chi connectivity index (χ2v) is 2.10. The predicted molar refractivity (Wildman–Crippen MR) is 41.0 cm³/mol. The molecule has 0 unspecified atom stereocenters. The van der Waals surface area contributed by atoms with Gasteiger partial charge in [-0.15, -0.1) is 0 Å². The normalized spacial score (nSPS) is 9.33. The van der Waals surface area contributed by atoms with Gasteiger partial charge in [-0.25, -0.2) is 0 Å². The van der Waals surface area contributed by atoms with E-state index >= 15 is 0 Å². The van der Waals surface area contributed by atoms with Gasteiger partial charge in [0, 0.05) is 12.1 Å². The number of hydrogen-bond donors (Lipinski definition) is 1. The first-order valence-electron chi connectivity index (χ1n) is 3.09. The van der Waals surface area contributed by atoms with Gasteiger partial charge in [-0.1, -0.05) is 0 Å². The van der Waals surface area contributed by atoms with E-state index in [-0.39, 0.29) is 5.69 Å². The Morgan fingerprint density at radius 2 is 1.83 bits per heavy atom. The van der Waals surface area contributed by atoms with Crippen LogP contribution in [0.15, 0.2) is 29.1 Å². The largest absolute Gasteiger partial charge is 0.504 e. The van der Waals surface area contributed by atoms with Crippen molar-refractivity contribution in [2.75, 3.05) is 0 Å². The molecule has 0 saturated heterocycles. The molecular weight excluding hydrogens is 162 g/mol. The summed E-state index contributed by atoms with van der Waals surface area (Å²) in [6, 6.07) is 4.06. The standard InChI is InChI=1S/C7H5NO4/c9-6-3-1-5(8(11)12)2-4-7(6)10/h1-4H,(H,9,10). The molecule has 0 saturated carbocycles. The van der Waals surface area contributed by atoms with Crippen LogP contribution in [-0.2, 0) is 0 Å². The molecule has 1 aromatic carbocycles. The van der Waals surface area contributed by atoms with Gasteiger partial charge in [0.2, 0.25) is 5.43 Å². The van der Waals surface area contributed by atoms with E-state index in [1.807, 2.05) is 0 Å². The molecule has 0 aromatic heterocycles. The maximum Gasteiger partial charge on any atom is 0.269 e. The molecule has 1 N–H and O–H groups in total. The van der Waals surface area contributed by atoms with Crippen LogP contribution in [0.1, 0.15) is 0 Å². The van der Waals surface area contributed by atoms with Crippen LogP contribution < -0.4 is 5.43 Å². The van der Waals surface area contributed by atoms with Crippen molar-refractivity contribution in [1.82, 2.24) is 0 Å². The number of rotatable bonds is 1. The molecule has 1 rings (SSSR count). The maximum absolute atomic E-state index is 10.7. The summed E-state index contributed by atoms with van der Waals surface area (Å²) in [6.45, 7) is 0. The highest BCUT2D eigenvalue weighted by Gasteiger charge is 2.02. The Balaban J connectivity index is 3.36. The van der Waals surface area contributed by atoms with Crippen LogP contribution in [-0.4, -0.2) is 10.0 Å². The lowest BCUT2D eigenvalue weighted by atomic mass is 10.4. The Morgan fingerprint density at radius 3 is 2.42 bits per heavy atom. The lowest BCUT2D eigenvalue weighted by Gasteiger charge is -1.81. The molecule has 0 aliphatic rings. The molecule has 0 heterocycles. The molecule has 0 radical (unpaired) electrons. The fraction of sp³-hybridized carbons (Fsp3) is 0. The van der Waals surface area contributed by atoms with E-state index in [4.69, 9.17) is 5.11 Å². The Labute approximate surface area is 67.1 Å². The molecule has 0 atom stereocenters. The lowest BCUT2D eigenvalue weighted by molar-refractivity contribution is -0.384. The van der Waals surface area contributed by atoms with E-state index in [9.17, 15) is 14.9 Å². The zero-order valence-electron chi connectivity index (χ0n) is 5.93. The second kappa shape index (κ2) is 3.00. The fourth-order valence-electron chi connectivity index (χ4n) is 0.670. The second-order valence-electron chi connectivity index (χ2n) is 2.10. The van der Waals surface area contributed by atoms with Gasteiger partial charge in [0.25, 0.3) is 5.69 Å². The minimum Gasteiger partial charge on any atom is -0.504 e. The van der Waals surface area contributed by atoms with Crippen molar-refractivity contribution in [2.45, 2.75) is 0 Å². The zero-order valence-corrected chi connectivity index (χ0v) is 5.93. The summed E-state index contributed by atoms with van der Waals surface area (Å²) in [5.41, 5.74) is -0.865. The Kier molecular flexibility index (Phi) is 2.05. The summed E-state index contributed by atoms with van der Waals surface area (Å²) in [5.74, 6) is -0.497. The van der Waals surface area contributed by atoms with E-state index in [0.29, 0.717) is 0 Å². The molecule has 5 nitrogen and oxygen atoms in total. The van der Waals surface area contributed by atoms with Crippen molar-refractivity contribution in [1.29, 1.82) is 0 Å². The van der Waals surface area contributed by atoms with Gasteiger partial charge in [0.05, 0.1) is 4.92 Å². The third kappa shape index (κ3) is 1.57. The van der Waals surface area contributed by atoms with Crippen molar-refractivity contribution >= 4 is 5.69 Å². The first kappa shape index (κ1) is 8.19. The molecule has 0 bridgehead atoms. The van der Waals surface area contributed by atoms with Crippen LogP contribution in [0.2, 0.25) is 0 Å². The topological polar surface area (TPSA) is 80.4 Å². The van der Waals surface area contributed by atoms with E-state index in [1.165, 1.54) is 0 Å². The molecule has 0 aliphatic carbocycles. The Bertz CT molecular complexity index is 374. The summed E-state index contributed by atoms with van der Waals surface area (Å²) in [7, 11) is 0. The number of nitro groups is 1. The minimum absolute atomic E-state index is 0.229. The quantitative estimate of drug-likeness (QED) is 0.492. The van der Waals surface area contributed by atoms with Crippen LogP contribution in [0.4, 0.5) is 5.69 Å². The Hall–Kier alpha value is -1.91. The van der Waals surface area contributed by atoms with E-state index in [2.05, 4.69) is 0 Å². The summed E-state index contributed by atoms with van der Waals surface area (Å²) < 4.78 is 0. The van der Waals surface area contributed by atoms with Crippen molar-refractivity contribution in [2.24, 2.45) is 0 Å². The summed E-state index contributed by atoms with van der Waals surface area (Å²) in [5, 5.41) is 19.0. The van der Waals surface area contributed by atoms with E-state index < -0.39 is 16.1 Å². The van der Waals surface area contributed by atoms with Crippen LogP contribution in [0, 0.1) is 10.1 Å². The van der Waals surface area contributed by atoms with Crippen LogP contribution >= 0.6 is 0 Å². The number of nitrogens with zero attached hydrogens (tertiary/aromatic N) is 1. The zero-order chi connectivity index (χ0) is 9.14. The van der Waals surface area contributed by atoms with E-state index in [1.54, 1.807) is 0 Å². The molecule has 0 aliphatic heterocycles. The molecule has 0 fully saturated rings. The van der Waals surface area contributed by atoms with Crippen molar-refractivity contribution < 1.29 is 10.0 Å². The highest BCUT2D eigenvalue weighted by atomic mass is 16.6. The van der Waals surface area contributed by atoms with Gasteiger partial charge in [0.1, 0.15) is 0 Å². The first-order valence-corrected chi connectivity index (χ1v) is 3.09. The molecule has 12 heavy (non-hydrogen) atoms. The Morgan fingerprint density at radius 1 is 1.25 bits per heavy atom. The van der Waals surface area contributed by atoms with Gasteiger partial charge >= 0.3 is 0 Å². The van der Waals surface area contributed by atoms with Gasteiger partial charge in [0.15, 0.2) is 5.75 Å². The van der Waals surface area contributed by atoms with Gasteiger partial charge in [-0.2, -0.15) is 0 Å². The summed E-state index contributed by atoms with van der Waals surface area (Å²) in [6.07, 6.45) is 0. The molecule has 5 heteroatoms. The molecule has 62 valence electrons. The molecule has 0 amide bonds. The van der Waals surface area contributed by atoms with E-state index in [0.717, 1.165) is 24.3 Å². The molecule has 1 aromatic rings. The monoisotopic (exact) mass is 167 g/mol. The van der Waals surface area contributed by atoms with Gasteiger partial charge < -0.3 is 5.11 Å². The number of aromatic hydroxyl groups is 1. The average Bonchev–Trinajstić information content (AvgIpc) is 2.16. The maximum atomic E-state index is 10.7. The predicted octanol–water partition coefficient (Wildman–Crippen LogP) is 0.661. The van der Waals surface area contributed by atoms with Crippen molar-refractivity contribution in [3.8, 4) is 5.75 Å². The van der Waals surface area contributed by atoms with Crippen LogP contribution in [0.3, 0.4) is 0 Å². The third-order valence-electron chi connectivity index (χ3n) is 1.28. The smallest absolute Gasteiger partial charge is 0.269 e. The molecular formula is C7H5NO4. The van der Waals surface area contributed by atoms with Crippen molar-refractivity contribution in [3.63, 3.8) is 0 Å². The summed E-state index contributed by atoms with van der Waals surface area (Å²) >= 11 is 0. The van der Waals surface area contributed by atoms with Gasteiger partial charge in [-0.05, 0) is 12.1 Å². The minimum atomic E-state index is -0.640. The van der Waals surface area contributed by atoms with Crippen LogP contribution in [0.5, 0.6) is 5.75 Å². The lowest BCUT2D eigenvalue weighted by Crippen LogP contribution is -1.91. The highest BCUT2D eigenvalue weighted by Crippen LogP contribution is 2.08. The van der Waals surface area contributed by atoms with Crippen LogP contribution in [0.25, 0.3) is 0 Å². The summed E-state index contributed by atoms with van der Waals surface area (Å²) in [4.78, 5) is 20.3. The third-order valence-corrected chi connectivity index (χ3v) is 1.28. The number of hydrogen-bond acceptors (Lipinski definition) is 4. The average molecular weight is 167 g/mol.